The highest BCUT2D eigenvalue weighted by atomic mass is 79.9. The number of rotatable bonds is 3. The highest BCUT2D eigenvalue weighted by Crippen LogP contribution is 2.41. The third-order valence-electron chi connectivity index (χ3n) is 1.78. The van der Waals surface area contributed by atoms with E-state index in [0.29, 0.717) is 0 Å². The van der Waals surface area contributed by atoms with E-state index in [9.17, 15) is 0 Å². The SMILES string of the molecule is C=C(C)CCC1CC1Br. The number of allylic oxidation sites excluding steroid dienone is 1. The molecule has 0 heterocycles. The van der Waals surface area contributed by atoms with Gasteiger partial charge in [-0.3, -0.25) is 0 Å². The van der Waals surface area contributed by atoms with Crippen LogP contribution in [-0.2, 0) is 0 Å². The van der Waals surface area contributed by atoms with Crippen LogP contribution < -0.4 is 0 Å². The quantitative estimate of drug-likeness (QED) is 0.472. The van der Waals surface area contributed by atoms with Gasteiger partial charge in [0.15, 0.2) is 0 Å². The molecule has 0 aromatic rings. The first-order valence-corrected chi connectivity index (χ1v) is 4.40. The first kappa shape index (κ1) is 7.33. The van der Waals surface area contributed by atoms with Crippen molar-refractivity contribution >= 4 is 15.9 Å². The molecule has 52 valence electrons. The van der Waals surface area contributed by atoms with E-state index >= 15 is 0 Å². The Morgan fingerprint density at radius 1 is 1.78 bits per heavy atom. The zero-order valence-corrected chi connectivity index (χ0v) is 7.45. The maximum Gasteiger partial charge on any atom is 0.0177 e. The van der Waals surface area contributed by atoms with E-state index in [2.05, 4.69) is 29.4 Å². The molecule has 0 radical (unpaired) electrons. The van der Waals surface area contributed by atoms with Gasteiger partial charge in [-0.15, -0.1) is 6.58 Å². The van der Waals surface area contributed by atoms with Gasteiger partial charge in [0, 0.05) is 4.83 Å². The lowest BCUT2D eigenvalue weighted by atomic mass is 10.1. The second-order valence-corrected chi connectivity index (χ2v) is 4.18. The lowest BCUT2D eigenvalue weighted by Gasteiger charge is -1.94. The third kappa shape index (κ3) is 2.53. The zero-order valence-electron chi connectivity index (χ0n) is 5.86. The van der Waals surface area contributed by atoms with Gasteiger partial charge >= 0.3 is 0 Å². The van der Waals surface area contributed by atoms with Crippen molar-refractivity contribution in [3.05, 3.63) is 12.2 Å². The topological polar surface area (TPSA) is 0 Å². The van der Waals surface area contributed by atoms with Crippen molar-refractivity contribution in [2.45, 2.75) is 31.0 Å². The Labute approximate surface area is 65.5 Å². The standard InChI is InChI=1S/C8H13Br/c1-6(2)3-4-7-5-8(7)9/h7-8H,1,3-5H2,2H3. The second-order valence-electron chi connectivity index (χ2n) is 3.01. The minimum atomic E-state index is 0.830. The van der Waals surface area contributed by atoms with E-state index in [1.807, 2.05) is 0 Å². The van der Waals surface area contributed by atoms with Crippen molar-refractivity contribution in [3.63, 3.8) is 0 Å². The fraction of sp³-hybridized carbons (Fsp3) is 0.750. The molecular formula is C8H13Br. The molecule has 0 spiro atoms. The molecular weight excluding hydrogens is 176 g/mol. The van der Waals surface area contributed by atoms with Gasteiger partial charge in [-0.1, -0.05) is 21.5 Å². The number of hydrogen-bond donors (Lipinski definition) is 0. The molecule has 0 N–H and O–H groups in total. The van der Waals surface area contributed by atoms with Crippen LogP contribution in [0.1, 0.15) is 26.2 Å². The summed E-state index contributed by atoms with van der Waals surface area (Å²) in [6.07, 6.45) is 3.94. The van der Waals surface area contributed by atoms with Gasteiger partial charge < -0.3 is 0 Å². The van der Waals surface area contributed by atoms with Gasteiger partial charge in [0.05, 0.1) is 0 Å². The van der Waals surface area contributed by atoms with Crippen LogP contribution in [0.5, 0.6) is 0 Å². The lowest BCUT2D eigenvalue weighted by Crippen LogP contribution is -1.80. The van der Waals surface area contributed by atoms with E-state index in [1.165, 1.54) is 24.8 Å². The summed E-state index contributed by atoms with van der Waals surface area (Å²) < 4.78 is 0. The minimum absolute atomic E-state index is 0.830. The van der Waals surface area contributed by atoms with Gasteiger partial charge in [0.25, 0.3) is 0 Å². The number of hydrogen-bond acceptors (Lipinski definition) is 0. The number of halogens is 1. The highest BCUT2D eigenvalue weighted by Gasteiger charge is 2.33. The maximum atomic E-state index is 3.86. The Kier molecular flexibility index (Phi) is 2.34. The Morgan fingerprint density at radius 2 is 2.33 bits per heavy atom. The molecule has 2 unspecified atom stereocenters. The average Bonchev–Trinajstić information content (AvgIpc) is 2.42. The van der Waals surface area contributed by atoms with Crippen molar-refractivity contribution in [2.75, 3.05) is 0 Å². The Balaban J connectivity index is 2.00. The summed E-state index contributed by atoms with van der Waals surface area (Å²) in [7, 11) is 0. The average molecular weight is 189 g/mol. The molecule has 1 fully saturated rings. The first-order valence-electron chi connectivity index (χ1n) is 3.48. The van der Waals surface area contributed by atoms with Crippen LogP contribution in [0, 0.1) is 5.92 Å². The second kappa shape index (κ2) is 2.87. The van der Waals surface area contributed by atoms with Gasteiger partial charge in [-0.2, -0.15) is 0 Å². The fourth-order valence-corrected chi connectivity index (χ4v) is 1.69. The van der Waals surface area contributed by atoms with Gasteiger partial charge in [0.1, 0.15) is 0 Å². The normalized spacial score (nSPS) is 32.2. The lowest BCUT2D eigenvalue weighted by molar-refractivity contribution is 0.727. The summed E-state index contributed by atoms with van der Waals surface area (Å²) in [5.74, 6) is 0.960. The monoisotopic (exact) mass is 188 g/mol. The summed E-state index contributed by atoms with van der Waals surface area (Å²) in [6.45, 7) is 5.97. The summed E-state index contributed by atoms with van der Waals surface area (Å²) >= 11 is 3.57. The van der Waals surface area contributed by atoms with Crippen molar-refractivity contribution in [1.82, 2.24) is 0 Å². The molecule has 0 amide bonds. The molecule has 1 saturated carbocycles. The van der Waals surface area contributed by atoms with Crippen molar-refractivity contribution in [3.8, 4) is 0 Å². The predicted molar refractivity (Wildman–Crippen MR) is 44.9 cm³/mol. The predicted octanol–water partition coefficient (Wildman–Crippen LogP) is 3.13. The Bertz CT molecular complexity index is 118. The van der Waals surface area contributed by atoms with E-state index < -0.39 is 0 Å². The molecule has 0 aliphatic heterocycles. The fourth-order valence-electron chi connectivity index (χ4n) is 0.941. The van der Waals surface area contributed by atoms with Gasteiger partial charge in [-0.25, -0.2) is 0 Å². The maximum absolute atomic E-state index is 3.86. The smallest absolute Gasteiger partial charge is 0.0177 e. The van der Waals surface area contributed by atoms with Crippen LogP contribution in [-0.4, -0.2) is 4.83 Å². The molecule has 1 rings (SSSR count). The first-order chi connectivity index (χ1) is 4.20. The van der Waals surface area contributed by atoms with Crippen LogP contribution in [0.25, 0.3) is 0 Å². The van der Waals surface area contributed by atoms with Crippen LogP contribution in [0.4, 0.5) is 0 Å². The van der Waals surface area contributed by atoms with Crippen molar-refractivity contribution < 1.29 is 0 Å². The van der Waals surface area contributed by atoms with E-state index in [1.54, 1.807) is 0 Å². The van der Waals surface area contributed by atoms with Crippen molar-refractivity contribution in [2.24, 2.45) is 5.92 Å². The highest BCUT2D eigenvalue weighted by molar-refractivity contribution is 9.09. The summed E-state index contributed by atoms with van der Waals surface area (Å²) in [4.78, 5) is 0.830. The third-order valence-corrected chi connectivity index (χ3v) is 2.90. The molecule has 1 aliphatic carbocycles. The van der Waals surface area contributed by atoms with Gasteiger partial charge in [-0.05, 0) is 32.1 Å². The molecule has 9 heavy (non-hydrogen) atoms. The Hall–Kier alpha value is 0.220. The summed E-state index contributed by atoms with van der Waals surface area (Å²) in [6, 6.07) is 0. The molecule has 1 aliphatic rings. The molecule has 0 bridgehead atoms. The molecule has 0 nitrogen and oxygen atoms in total. The molecule has 0 saturated heterocycles. The summed E-state index contributed by atoms with van der Waals surface area (Å²) in [5.41, 5.74) is 1.32. The van der Waals surface area contributed by atoms with Gasteiger partial charge in [0.2, 0.25) is 0 Å². The van der Waals surface area contributed by atoms with E-state index in [0.717, 1.165) is 10.7 Å². The molecule has 0 aromatic carbocycles. The van der Waals surface area contributed by atoms with E-state index in [-0.39, 0.29) is 0 Å². The summed E-state index contributed by atoms with van der Waals surface area (Å²) in [5, 5.41) is 0. The van der Waals surface area contributed by atoms with Crippen LogP contribution in [0.15, 0.2) is 12.2 Å². The molecule has 0 aromatic heterocycles. The largest absolute Gasteiger partial charge is 0.100 e. The molecule has 1 heteroatoms. The van der Waals surface area contributed by atoms with Crippen LogP contribution >= 0.6 is 15.9 Å². The molecule has 2 atom stereocenters. The minimum Gasteiger partial charge on any atom is -0.100 e. The Morgan fingerprint density at radius 3 is 2.67 bits per heavy atom. The van der Waals surface area contributed by atoms with Crippen molar-refractivity contribution in [1.29, 1.82) is 0 Å². The zero-order chi connectivity index (χ0) is 6.85. The van der Waals surface area contributed by atoms with Crippen LogP contribution in [0.2, 0.25) is 0 Å². The van der Waals surface area contributed by atoms with Crippen LogP contribution in [0.3, 0.4) is 0 Å². The number of alkyl halides is 1. The van der Waals surface area contributed by atoms with E-state index in [4.69, 9.17) is 0 Å².